The van der Waals surface area contributed by atoms with E-state index in [-0.39, 0.29) is 0 Å². The average Bonchev–Trinajstić information content (AvgIpc) is 2.15. The first-order valence-electron chi connectivity index (χ1n) is 3.78. The Bertz CT molecular complexity index is 238. The predicted octanol–water partition coefficient (Wildman–Crippen LogP) is 1.35. The van der Waals surface area contributed by atoms with E-state index in [0.29, 0.717) is 6.61 Å². The maximum absolute atomic E-state index is 5.06. The van der Waals surface area contributed by atoms with Gasteiger partial charge in [0.2, 0.25) is 0 Å². The van der Waals surface area contributed by atoms with Crippen molar-refractivity contribution in [2.24, 2.45) is 0 Å². The fourth-order valence-corrected chi connectivity index (χ4v) is 0.918. The fraction of sp³-hybridized carbons (Fsp3) is 0.333. The summed E-state index contributed by atoms with van der Waals surface area (Å²) < 4.78 is 5.06. The van der Waals surface area contributed by atoms with Crippen molar-refractivity contribution in [1.29, 1.82) is 0 Å². The van der Waals surface area contributed by atoms with E-state index < -0.39 is 0 Å². The first-order valence-corrected chi connectivity index (χ1v) is 3.78. The van der Waals surface area contributed by atoms with Gasteiger partial charge in [-0.05, 0) is 17.7 Å². The lowest BCUT2D eigenvalue weighted by Crippen LogP contribution is -2.06. The molecule has 3 heteroatoms. The van der Waals surface area contributed by atoms with E-state index >= 15 is 0 Å². The molecule has 1 aromatic carbocycles. The van der Waals surface area contributed by atoms with Crippen LogP contribution < -0.4 is 10.2 Å². The number of benzene rings is 1. The van der Waals surface area contributed by atoms with Crippen LogP contribution in [0.5, 0.6) is 5.75 Å². The van der Waals surface area contributed by atoms with Crippen LogP contribution >= 0.6 is 0 Å². The molecule has 3 nitrogen and oxygen atoms in total. The van der Waals surface area contributed by atoms with Gasteiger partial charge < -0.3 is 4.74 Å². The average molecular weight is 167 g/mol. The largest absolute Gasteiger partial charge is 0.497 e. The molecule has 0 aliphatic rings. The Hall–Kier alpha value is -1.06. The summed E-state index contributed by atoms with van der Waals surface area (Å²) in [6, 6.07) is 7.77. The molecule has 0 atom stereocenters. The van der Waals surface area contributed by atoms with Crippen LogP contribution in [0.2, 0.25) is 0 Å². The normalized spacial score (nSPS) is 9.83. The zero-order chi connectivity index (χ0) is 8.81. The molecular formula is C9H13NO2. The van der Waals surface area contributed by atoms with Crippen LogP contribution in [0.4, 0.5) is 0 Å². The van der Waals surface area contributed by atoms with Gasteiger partial charge in [-0.3, -0.25) is 4.84 Å². The molecule has 0 radical (unpaired) electrons. The van der Waals surface area contributed by atoms with Crippen LogP contribution in [0.1, 0.15) is 5.56 Å². The van der Waals surface area contributed by atoms with Gasteiger partial charge in [0.15, 0.2) is 0 Å². The number of nitrogens with one attached hydrogen (secondary N) is 1. The highest BCUT2D eigenvalue weighted by Crippen LogP contribution is 2.12. The summed E-state index contributed by atoms with van der Waals surface area (Å²) in [5.74, 6) is 0.854. The molecule has 0 spiro atoms. The van der Waals surface area contributed by atoms with Crippen LogP contribution in [-0.4, -0.2) is 14.2 Å². The van der Waals surface area contributed by atoms with Crippen LogP contribution in [0, 0.1) is 0 Å². The van der Waals surface area contributed by atoms with E-state index in [9.17, 15) is 0 Å². The van der Waals surface area contributed by atoms with Crippen molar-refractivity contribution < 1.29 is 9.57 Å². The standard InChI is InChI=1S/C9H13NO2/c1-10-12-7-8-4-3-5-9(6-8)11-2/h3-6,10H,7H2,1-2H3. The van der Waals surface area contributed by atoms with Gasteiger partial charge in [0.05, 0.1) is 13.7 Å². The lowest BCUT2D eigenvalue weighted by atomic mass is 10.2. The quantitative estimate of drug-likeness (QED) is 0.686. The van der Waals surface area contributed by atoms with Crippen LogP contribution in [-0.2, 0) is 11.4 Å². The summed E-state index contributed by atoms with van der Waals surface area (Å²) in [6.45, 7) is 0.549. The minimum atomic E-state index is 0.549. The van der Waals surface area contributed by atoms with Crippen molar-refractivity contribution in [3.05, 3.63) is 29.8 Å². The van der Waals surface area contributed by atoms with Gasteiger partial charge in [-0.1, -0.05) is 12.1 Å². The Morgan fingerprint density at radius 3 is 2.92 bits per heavy atom. The minimum Gasteiger partial charge on any atom is -0.497 e. The summed E-state index contributed by atoms with van der Waals surface area (Å²) in [4.78, 5) is 5.01. The summed E-state index contributed by atoms with van der Waals surface area (Å²) in [6.07, 6.45) is 0. The number of methoxy groups -OCH3 is 1. The van der Waals surface area contributed by atoms with Gasteiger partial charge in [0.1, 0.15) is 5.75 Å². The van der Waals surface area contributed by atoms with E-state index in [4.69, 9.17) is 9.57 Å². The van der Waals surface area contributed by atoms with Crippen molar-refractivity contribution >= 4 is 0 Å². The Morgan fingerprint density at radius 1 is 1.42 bits per heavy atom. The number of rotatable bonds is 4. The molecule has 12 heavy (non-hydrogen) atoms. The van der Waals surface area contributed by atoms with E-state index in [1.807, 2.05) is 24.3 Å². The molecule has 0 aliphatic heterocycles. The fourth-order valence-electron chi connectivity index (χ4n) is 0.918. The highest BCUT2D eigenvalue weighted by Gasteiger charge is 1.94. The zero-order valence-electron chi connectivity index (χ0n) is 7.33. The summed E-state index contributed by atoms with van der Waals surface area (Å²) in [5, 5.41) is 0. The first-order chi connectivity index (χ1) is 5.86. The zero-order valence-corrected chi connectivity index (χ0v) is 7.33. The number of hydrogen-bond donors (Lipinski definition) is 1. The van der Waals surface area contributed by atoms with Crippen molar-refractivity contribution in [3.8, 4) is 5.75 Å². The lowest BCUT2D eigenvalue weighted by Gasteiger charge is -2.03. The van der Waals surface area contributed by atoms with Gasteiger partial charge >= 0.3 is 0 Å². The smallest absolute Gasteiger partial charge is 0.119 e. The molecule has 1 rings (SSSR count). The Kier molecular flexibility index (Phi) is 3.57. The first kappa shape index (κ1) is 9.03. The second-order valence-corrected chi connectivity index (χ2v) is 2.34. The molecule has 0 saturated heterocycles. The minimum absolute atomic E-state index is 0.549. The van der Waals surface area contributed by atoms with Gasteiger partial charge in [0, 0.05) is 7.05 Å². The third kappa shape index (κ3) is 2.53. The SMILES string of the molecule is CNOCc1cccc(OC)c1. The van der Waals surface area contributed by atoms with Crippen molar-refractivity contribution in [3.63, 3.8) is 0 Å². The number of hydroxylamine groups is 1. The summed E-state index contributed by atoms with van der Waals surface area (Å²) in [7, 11) is 3.39. The molecule has 1 aromatic rings. The number of ether oxygens (including phenoxy) is 1. The van der Waals surface area contributed by atoms with Gasteiger partial charge in [0.25, 0.3) is 0 Å². The molecule has 66 valence electrons. The summed E-state index contributed by atoms with van der Waals surface area (Å²) >= 11 is 0. The second-order valence-electron chi connectivity index (χ2n) is 2.34. The van der Waals surface area contributed by atoms with Crippen molar-refractivity contribution in [2.45, 2.75) is 6.61 Å². The molecule has 0 amide bonds. The molecule has 0 fully saturated rings. The Morgan fingerprint density at radius 2 is 2.25 bits per heavy atom. The highest BCUT2D eigenvalue weighted by atomic mass is 16.6. The molecule has 0 aliphatic carbocycles. The Labute approximate surface area is 72.3 Å². The van der Waals surface area contributed by atoms with Crippen LogP contribution in [0.15, 0.2) is 24.3 Å². The summed E-state index contributed by atoms with van der Waals surface area (Å²) in [5.41, 5.74) is 3.70. The van der Waals surface area contributed by atoms with E-state index in [1.54, 1.807) is 14.2 Å². The molecule has 0 heterocycles. The third-order valence-electron chi connectivity index (χ3n) is 1.52. The molecule has 0 bridgehead atoms. The van der Waals surface area contributed by atoms with E-state index in [1.165, 1.54) is 0 Å². The lowest BCUT2D eigenvalue weighted by molar-refractivity contribution is 0.0443. The third-order valence-corrected chi connectivity index (χ3v) is 1.52. The van der Waals surface area contributed by atoms with E-state index in [0.717, 1.165) is 11.3 Å². The highest BCUT2D eigenvalue weighted by molar-refractivity contribution is 5.27. The van der Waals surface area contributed by atoms with Gasteiger partial charge in [-0.2, -0.15) is 0 Å². The van der Waals surface area contributed by atoms with Crippen molar-refractivity contribution in [2.75, 3.05) is 14.2 Å². The van der Waals surface area contributed by atoms with Gasteiger partial charge in [-0.25, -0.2) is 5.48 Å². The topological polar surface area (TPSA) is 30.5 Å². The molecule has 0 saturated carbocycles. The van der Waals surface area contributed by atoms with E-state index in [2.05, 4.69) is 5.48 Å². The number of hydrogen-bond acceptors (Lipinski definition) is 3. The monoisotopic (exact) mass is 167 g/mol. The molecule has 0 aromatic heterocycles. The van der Waals surface area contributed by atoms with Crippen LogP contribution in [0.3, 0.4) is 0 Å². The molecule has 1 N–H and O–H groups in total. The van der Waals surface area contributed by atoms with Crippen molar-refractivity contribution in [1.82, 2.24) is 5.48 Å². The molecular weight excluding hydrogens is 154 g/mol. The maximum atomic E-state index is 5.06. The molecule has 0 unspecified atom stereocenters. The second kappa shape index (κ2) is 4.74. The van der Waals surface area contributed by atoms with Gasteiger partial charge in [-0.15, -0.1) is 0 Å². The predicted molar refractivity (Wildman–Crippen MR) is 46.8 cm³/mol. The Balaban J connectivity index is 2.60. The van der Waals surface area contributed by atoms with Crippen LogP contribution in [0.25, 0.3) is 0 Å². The maximum Gasteiger partial charge on any atom is 0.119 e.